The molecule has 9 heteroatoms. The summed E-state index contributed by atoms with van der Waals surface area (Å²) in [5, 5.41) is 0.484. The smallest absolute Gasteiger partial charge is 0.328 e. The molecule has 0 unspecified atom stereocenters. The molecule has 9 nitrogen and oxygen atoms in total. The molecule has 0 aliphatic carbocycles. The van der Waals surface area contributed by atoms with Crippen molar-refractivity contribution >= 4 is 22.5 Å². The van der Waals surface area contributed by atoms with Crippen LogP contribution in [0.25, 0.3) is 10.9 Å². The monoisotopic (exact) mass is 395 g/mol. The summed E-state index contributed by atoms with van der Waals surface area (Å²) >= 11 is 0. The molecule has 0 atom stereocenters. The molecular formula is C20H25N7O2. The molecule has 0 spiro atoms. The molecule has 3 N–H and O–H groups in total. The highest BCUT2D eigenvalue weighted by Crippen LogP contribution is 2.11. The van der Waals surface area contributed by atoms with Gasteiger partial charge in [-0.3, -0.25) is 14.3 Å². The number of nitrogens with zero attached hydrogens (tertiary/aromatic N) is 5. The number of nitrogen functional groups attached to an aromatic ring is 1. The summed E-state index contributed by atoms with van der Waals surface area (Å²) < 4.78 is 1.28. The fourth-order valence-electron chi connectivity index (χ4n) is 3.71. The van der Waals surface area contributed by atoms with E-state index >= 15 is 0 Å². The number of aromatic nitrogens is 4. The lowest BCUT2D eigenvalue weighted by atomic mass is 10.2. The number of benzene rings is 1. The van der Waals surface area contributed by atoms with Crippen LogP contribution in [0.15, 0.2) is 46.2 Å². The van der Waals surface area contributed by atoms with E-state index in [0.29, 0.717) is 23.1 Å². The van der Waals surface area contributed by atoms with E-state index in [1.165, 1.54) is 4.57 Å². The normalized spacial score (nSPS) is 15.1. The van der Waals surface area contributed by atoms with E-state index in [1.54, 1.807) is 30.6 Å². The minimum atomic E-state index is -0.385. The first-order chi connectivity index (χ1) is 14.1. The van der Waals surface area contributed by atoms with Crippen molar-refractivity contribution < 1.29 is 0 Å². The molecule has 29 heavy (non-hydrogen) atoms. The Balaban J connectivity index is 1.29. The average Bonchev–Trinajstić information content (AvgIpc) is 2.74. The maximum absolute atomic E-state index is 12.6. The van der Waals surface area contributed by atoms with Crippen molar-refractivity contribution in [2.75, 3.05) is 43.4 Å². The number of piperazine rings is 1. The van der Waals surface area contributed by atoms with Crippen LogP contribution < -0.4 is 21.9 Å². The predicted molar refractivity (Wildman–Crippen MR) is 113 cm³/mol. The van der Waals surface area contributed by atoms with Gasteiger partial charge in [-0.25, -0.2) is 14.8 Å². The molecule has 1 aliphatic rings. The number of fused-ring (bicyclic) bond motifs is 1. The van der Waals surface area contributed by atoms with Crippen LogP contribution in [0.1, 0.15) is 12.8 Å². The van der Waals surface area contributed by atoms with Gasteiger partial charge in [0.25, 0.3) is 5.56 Å². The van der Waals surface area contributed by atoms with Crippen molar-refractivity contribution in [3.8, 4) is 0 Å². The van der Waals surface area contributed by atoms with Crippen molar-refractivity contribution in [2.45, 2.75) is 19.4 Å². The zero-order chi connectivity index (χ0) is 20.2. The molecule has 0 radical (unpaired) electrons. The number of nitrogens with one attached hydrogen (secondary N) is 1. The minimum Gasteiger partial charge on any atom is -0.399 e. The lowest BCUT2D eigenvalue weighted by Gasteiger charge is -2.34. The number of anilines is 2. The quantitative estimate of drug-likeness (QED) is 0.466. The van der Waals surface area contributed by atoms with Gasteiger partial charge in [-0.05, 0) is 43.7 Å². The van der Waals surface area contributed by atoms with Crippen molar-refractivity contribution in [2.24, 2.45) is 0 Å². The number of nitrogens with two attached hydrogens (primary N) is 1. The minimum absolute atomic E-state index is 0.264. The summed E-state index contributed by atoms with van der Waals surface area (Å²) in [4.78, 5) is 40.8. The van der Waals surface area contributed by atoms with Gasteiger partial charge >= 0.3 is 5.69 Å². The van der Waals surface area contributed by atoms with Crippen LogP contribution >= 0.6 is 0 Å². The third kappa shape index (κ3) is 4.29. The molecule has 4 rings (SSSR count). The van der Waals surface area contributed by atoms with E-state index in [2.05, 4.69) is 24.8 Å². The van der Waals surface area contributed by atoms with Gasteiger partial charge in [0, 0.05) is 50.8 Å². The fraction of sp³-hybridized carbons (Fsp3) is 0.400. The van der Waals surface area contributed by atoms with E-state index in [1.807, 2.05) is 6.07 Å². The van der Waals surface area contributed by atoms with Crippen molar-refractivity contribution in [3.05, 3.63) is 57.5 Å². The van der Waals surface area contributed by atoms with Gasteiger partial charge < -0.3 is 15.6 Å². The van der Waals surface area contributed by atoms with Gasteiger partial charge in [0.2, 0.25) is 5.95 Å². The van der Waals surface area contributed by atoms with Crippen LogP contribution in [-0.4, -0.2) is 57.1 Å². The zero-order valence-electron chi connectivity index (χ0n) is 16.3. The van der Waals surface area contributed by atoms with Gasteiger partial charge in [0.1, 0.15) is 0 Å². The summed E-state index contributed by atoms with van der Waals surface area (Å²) in [5.74, 6) is 0.781. The summed E-state index contributed by atoms with van der Waals surface area (Å²) in [7, 11) is 0. The Bertz CT molecular complexity index is 1090. The highest BCUT2D eigenvalue weighted by Gasteiger charge is 2.18. The summed E-state index contributed by atoms with van der Waals surface area (Å²) in [5.41, 5.74) is 6.08. The standard InChI is InChI=1S/C20H25N7O2/c21-15-4-5-16-17(14-15)24-20(29)27(18(16)28)9-2-1-8-25-10-12-26(13-11-25)19-22-6-3-7-23-19/h3-7,14H,1-2,8-13,21H2,(H,24,29). The van der Waals surface area contributed by atoms with Crippen LogP contribution in [-0.2, 0) is 6.54 Å². The number of H-pyrrole nitrogens is 1. The van der Waals surface area contributed by atoms with Crippen molar-refractivity contribution in [1.29, 1.82) is 0 Å². The Morgan fingerprint density at radius 3 is 2.48 bits per heavy atom. The Morgan fingerprint density at radius 2 is 1.72 bits per heavy atom. The lowest BCUT2D eigenvalue weighted by Crippen LogP contribution is -2.47. The van der Waals surface area contributed by atoms with Gasteiger partial charge in [-0.1, -0.05) is 0 Å². The molecule has 2 aromatic heterocycles. The maximum Gasteiger partial charge on any atom is 0.328 e. The van der Waals surface area contributed by atoms with Gasteiger partial charge in [0.15, 0.2) is 0 Å². The molecule has 0 saturated carbocycles. The summed E-state index contributed by atoms with van der Waals surface area (Å²) in [6, 6.07) is 6.77. The second-order valence-corrected chi connectivity index (χ2v) is 7.28. The van der Waals surface area contributed by atoms with E-state index < -0.39 is 0 Å². The first-order valence-electron chi connectivity index (χ1n) is 9.88. The third-order valence-corrected chi connectivity index (χ3v) is 5.32. The van der Waals surface area contributed by atoms with Crippen LogP contribution in [0.5, 0.6) is 0 Å². The zero-order valence-corrected chi connectivity index (χ0v) is 16.3. The first-order valence-corrected chi connectivity index (χ1v) is 9.88. The van der Waals surface area contributed by atoms with Gasteiger partial charge in [-0.2, -0.15) is 0 Å². The fourth-order valence-corrected chi connectivity index (χ4v) is 3.71. The topological polar surface area (TPSA) is 113 Å². The third-order valence-electron chi connectivity index (χ3n) is 5.32. The second-order valence-electron chi connectivity index (χ2n) is 7.28. The summed E-state index contributed by atoms with van der Waals surface area (Å²) in [6.07, 6.45) is 5.22. The number of rotatable bonds is 6. The highest BCUT2D eigenvalue weighted by molar-refractivity contribution is 5.80. The van der Waals surface area contributed by atoms with Crippen molar-refractivity contribution in [3.63, 3.8) is 0 Å². The average molecular weight is 395 g/mol. The Hall–Kier alpha value is -3.20. The molecule has 152 valence electrons. The number of aromatic amines is 1. The first kappa shape index (κ1) is 19.1. The predicted octanol–water partition coefficient (Wildman–Crippen LogP) is 0.664. The van der Waals surface area contributed by atoms with E-state index in [-0.39, 0.29) is 11.2 Å². The largest absolute Gasteiger partial charge is 0.399 e. The number of unbranched alkanes of at least 4 members (excludes halogenated alkanes) is 1. The molecule has 1 saturated heterocycles. The Labute approximate surface area is 167 Å². The van der Waals surface area contributed by atoms with Gasteiger partial charge in [-0.15, -0.1) is 0 Å². The molecule has 3 aromatic rings. The molecule has 0 amide bonds. The molecule has 1 aliphatic heterocycles. The maximum atomic E-state index is 12.6. The van der Waals surface area contributed by atoms with Crippen LogP contribution in [0.2, 0.25) is 0 Å². The van der Waals surface area contributed by atoms with E-state index in [0.717, 1.165) is 51.5 Å². The molecule has 0 bridgehead atoms. The van der Waals surface area contributed by atoms with Crippen molar-refractivity contribution in [1.82, 2.24) is 24.4 Å². The number of hydrogen-bond donors (Lipinski definition) is 2. The van der Waals surface area contributed by atoms with Gasteiger partial charge in [0.05, 0.1) is 10.9 Å². The SMILES string of the molecule is Nc1ccc2c(=O)n(CCCCN3CCN(c4ncccn4)CC3)c(=O)[nH]c2c1. The molecular weight excluding hydrogens is 370 g/mol. The van der Waals surface area contributed by atoms with Crippen LogP contribution in [0.3, 0.4) is 0 Å². The number of hydrogen-bond acceptors (Lipinski definition) is 7. The highest BCUT2D eigenvalue weighted by atomic mass is 16.2. The Kier molecular flexibility index (Phi) is 5.57. The molecule has 1 aromatic carbocycles. The lowest BCUT2D eigenvalue weighted by molar-refractivity contribution is 0.250. The molecule has 3 heterocycles. The van der Waals surface area contributed by atoms with Crippen LogP contribution in [0.4, 0.5) is 11.6 Å². The van der Waals surface area contributed by atoms with Crippen LogP contribution in [0, 0.1) is 0 Å². The van der Waals surface area contributed by atoms with E-state index in [9.17, 15) is 9.59 Å². The Morgan fingerprint density at radius 1 is 1.00 bits per heavy atom. The second kappa shape index (κ2) is 8.44. The molecule has 1 fully saturated rings. The van der Waals surface area contributed by atoms with E-state index in [4.69, 9.17) is 5.73 Å². The summed E-state index contributed by atoms with van der Waals surface area (Å²) in [6.45, 7) is 5.06.